The van der Waals surface area contributed by atoms with Crippen molar-refractivity contribution in [2.24, 2.45) is 5.41 Å². The third kappa shape index (κ3) is 2.96. The third-order valence-corrected chi connectivity index (χ3v) is 4.56. The molecule has 1 spiro atoms. The number of rotatable bonds is 1. The molecule has 21 heavy (non-hydrogen) atoms. The quantitative estimate of drug-likeness (QED) is 0.778. The van der Waals surface area contributed by atoms with E-state index in [0.29, 0.717) is 11.3 Å². The van der Waals surface area contributed by atoms with Crippen LogP contribution < -0.4 is 0 Å². The number of aromatic nitrogens is 1. The van der Waals surface area contributed by atoms with E-state index in [0.717, 1.165) is 52.2 Å². The zero-order valence-electron chi connectivity index (χ0n) is 12.8. The minimum atomic E-state index is 0.0275. The lowest BCUT2D eigenvalue weighted by Gasteiger charge is -2.43. The van der Waals surface area contributed by atoms with E-state index in [2.05, 4.69) is 17.1 Å². The van der Waals surface area contributed by atoms with Crippen LogP contribution in [-0.4, -0.2) is 67.3 Å². The van der Waals surface area contributed by atoms with E-state index in [4.69, 9.17) is 9.26 Å². The number of piperidine rings is 1. The van der Waals surface area contributed by atoms with Gasteiger partial charge in [0.2, 0.25) is 0 Å². The van der Waals surface area contributed by atoms with Crippen molar-refractivity contribution < 1.29 is 14.1 Å². The molecule has 2 saturated heterocycles. The van der Waals surface area contributed by atoms with Gasteiger partial charge in [-0.1, -0.05) is 5.16 Å². The largest absolute Gasteiger partial charge is 0.379 e. The number of carbonyl (C=O) groups excluding carboxylic acids is 1. The maximum absolute atomic E-state index is 12.6. The molecular weight excluding hydrogens is 270 g/mol. The summed E-state index contributed by atoms with van der Waals surface area (Å²) in [4.78, 5) is 16.9. The molecule has 1 amide bonds. The fraction of sp³-hybridized carbons (Fsp3) is 0.733. The lowest BCUT2D eigenvalue weighted by molar-refractivity contribution is 0.00855. The summed E-state index contributed by atoms with van der Waals surface area (Å²) in [5.41, 5.74) is 1.30. The van der Waals surface area contributed by atoms with Crippen LogP contribution in [0.5, 0.6) is 0 Å². The van der Waals surface area contributed by atoms with Gasteiger partial charge in [0, 0.05) is 31.6 Å². The number of likely N-dealkylation sites (N-methyl/N-ethyl adjacent to an activating group) is 1. The fourth-order valence-corrected chi connectivity index (χ4v) is 3.50. The number of amides is 1. The Morgan fingerprint density at radius 2 is 2.24 bits per heavy atom. The summed E-state index contributed by atoms with van der Waals surface area (Å²) >= 11 is 0. The number of likely N-dealkylation sites (tertiary alicyclic amines) is 1. The highest BCUT2D eigenvalue weighted by Gasteiger charge is 2.40. The summed E-state index contributed by atoms with van der Waals surface area (Å²) in [7, 11) is 2.13. The molecule has 2 fully saturated rings. The van der Waals surface area contributed by atoms with E-state index in [-0.39, 0.29) is 11.3 Å². The topological polar surface area (TPSA) is 58.8 Å². The van der Waals surface area contributed by atoms with Gasteiger partial charge in [-0.25, -0.2) is 0 Å². The highest BCUT2D eigenvalue weighted by atomic mass is 16.5. The molecule has 0 aliphatic carbocycles. The predicted molar refractivity (Wildman–Crippen MR) is 77.1 cm³/mol. The minimum absolute atomic E-state index is 0.0275. The summed E-state index contributed by atoms with van der Waals surface area (Å²) in [6, 6.07) is 0. The molecule has 3 rings (SSSR count). The Hall–Kier alpha value is -1.40. The standard InChI is InChI=1S/C15H23N3O3/c1-12-13(8-21-16-12)14(19)18-5-3-4-15(10-18)9-17(2)6-7-20-11-15/h8H,3-7,9-11H2,1-2H3. The van der Waals surface area contributed by atoms with E-state index in [1.807, 2.05) is 4.90 Å². The van der Waals surface area contributed by atoms with E-state index in [1.165, 1.54) is 6.26 Å². The van der Waals surface area contributed by atoms with Crippen LogP contribution in [0.25, 0.3) is 0 Å². The summed E-state index contributed by atoms with van der Waals surface area (Å²) < 4.78 is 10.7. The van der Waals surface area contributed by atoms with Crippen molar-refractivity contribution >= 4 is 5.91 Å². The highest BCUT2D eigenvalue weighted by Crippen LogP contribution is 2.33. The normalized spacial score (nSPS) is 27.8. The third-order valence-electron chi connectivity index (χ3n) is 4.56. The molecule has 0 N–H and O–H groups in total. The molecule has 3 heterocycles. The zero-order valence-corrected chi connectivity index (χ0v) is 12.8. The van der Waals surface area contributed by atoms with Crippen molar-refractivity contribution in [3.63, 3.8) is 0 Å². The van der Waals surface area contributed by atoms with Crippen LogP contribution in [0.15, 0.2) is 10.8 Å². The van der Waals surface area contributed by atoms with Crippen LogP contribution in [0, 0.1) is 12.3 Å². The first-order chi connectivity index (χ1) is 10.1. The van der Waals surface area contributed by atoms with Crippen LogP contribution in [0.1, 0.15) is 28.9 Å². The Morgan fingerprint density at radius 3 is 3.00 bits per heavy atom. The van der Waals surface area contributed by atoms with Crippen molar-refractivity contribution in [3.8, 4) is 0 Å². The molecule has 1 aromatic heterocycles. The van der Waals surface area contributed by atoms with Crippen LogP contribution >= 0.6 is 0 Å². The average molecular weight is 293 g/mol. The number of carbonyl (C=O) groups is 1. The van der Waals surface area contributed by atoms with Gasteiger partial charge < -0.3 is 19.1 Å². The molecule has 116 valence electrons. The van der Waals surface area contributed by atoms with Gasteiger partial charge in [-0.15, -0.1) is 0 Å². The molecule has 0 bridgehead atoms. The first-order valence-electron chi connectivity index (χ1n) is 7.56. The molecule has 0 saturated carbocycles. The second kappa shape index (κ2) is 5.77. The van der Waals surface area contributed by atoms with E-state index in [9.17, 15) is 4.79 Å². The second-order valence-corrected chi connectivity index (χ2v) is 6.43. The molecule has 0 radical (unpaired) electrons. The van der Waals surface area contributed by atoms with Crippen LogP contribution in [0.2, 0.25) is 0 Å². The van der Waals surface area contributed by atoms with Crippen LogP contribution in [0.4, 0.5) is 0 Å². The average Bonchev–Trinajstić information content (AvgIpc) is 2.81. The molecule has 2 aliphatic rings. The van der Waals surface area contributed by atoms with E-state index < -0.39 is 0 Å². The maximum Gasteiger partial charge on any atom is 0.259 e. The van der Waals surface area contributed by atoms with Gasteiger partial charge in [-0.05, 0) is 26.8 Å². The molecule has 1 atom stereocenters. The molecular formula is C15H23N3O3. The Labute approximate surface area is 125 Å². The summed E-state index contributed by atoms with van der Waals surface area (Å²) in [5.74, 6) is 0.0275. The molecule has 6 nitrogen and oxygen atoms in total. The first kappa shape index (κ1) is 14.5. The molecule has 6 heteroatoms. The smallest absolute Gasteiger partial charge is 0.259 e. The monoisotopic (exact) mass is 293 g/mol. The van der Waals surface area contributed by atoms with E-state index >= 15 is 0 Å². The minimum Gasteiger partial charge on any atom is -0.379 e. The van der Waals surface area contributed by atoms with Crippen molar-refractivity contribution in [1.82, 2.24) is 15.0 Å². The first-order valence-corrected chi connectivity index (χ1v) is 7.56. The van der Waals surface area contributed by atoms with Crippen LogP contribution in [0.3, 0.4) is 0 Å². The zero-order chi connectivity index (χ0) is 14.9. The molecule has 1 unspecified atom stereocenters. The van der Waals surface area contributed by atoms with Gasteiger partial charge in [-0.3, -0.25) is 4.79 Å². The summed E-state index contributed by atoms with van der Waals surface area (Å²) in [6.45, 7) is 6.81. The van der Waals surface area contributed by atoms with Gasteiger partial charge in [0.1, 0.15) is 11.8 Å². The van der Waals surface area contributed by atoms with Crippen LogP contribution in [-0.2, 0) is 4.74 Å². The number of hydrogen-bond acceptors (Lipinski definition) is 5. The maximum atomic E-state index is 12.6. The lowest BCUT2D eigenvalue weighted by atomic mass is 9.80. The van der Waals surface area contributed by atoms with Crippen molar-refractivity contribution in [1.29, 1.82) is 0 Å². The van der Waals surface area contributed by atoms with Crippen molar-refractivity contribution in [2.45, 2.75) is 19.8 Å². The SMILES string of the molecule is Cc1nocc1C(=O)N1CCCC2(COCCN(C)C2)C1. The number of hydrogen-bond donors (Lipinski definition) is 0. The van der Waals surface area contributed by atoms with Crippen molar-refractivity contribution in [3.05, 3.63) is 17.5 Å². The van der Waals surface area contributed by atoms with Gasteiger partial charge in [0.25, 0.3) is 5.91 Å². The van der Waals surface area contributed by atoms with Gasteiger partial charge in [0.15, 0.2) is 0 Å². The second-order valence-electron chi connectivity index (χ2n) is 6.43. The lowest BCUT2D eigenvalue weighted by Crippen LogP contribution is -2.51. The number of aryl methyl sites for hydroxylation is 1. The summed E-state index contributed by atoms with van der Waals surface area (Å²) in [5, 5.41) is 3.81. The molecule has 2 aliphatic heterocycles. The Kier molecular flexibility index (Phi) is 3.99. The fourth-order valence-electron chi connectivity index (χ4n) is 3.50. The highest BCUT2D eigenvalue weighted by molar-refractivity contribution is 5.94. The Balaban J connectivity index is 1.76. The molecule has 1 aromatic rings. The predicted octanol–water partition coefficient (Wildman–Crippen LogP) is 1.17. The van der Waals surface area contributed by atoms with Gasteiger partial charge in [-0.2, -0.15) is 0 Å². The molecule has 0 aromatic carbocycles. The number of ether oxygens (including phenoxy) is 1. The Morgan fingerprint density at radius 1 is 1.38 bits per heavy atom. The Bertz CT molecular complexity index is 516. The van der Waals surface area contributed by atoms with Gasteiger partial charge in [0.05, 0.1) is 18.9 Å². The van der Waals surface area contributed by atoms with Gasteiger partial charge >= 0.3 is 0 Å². The summed E-state index contributed by atoms with van der Waals surface area (Å²) in [6.07, 6.45) is 3.59. The van der Waals surface area contributed by atoms with E-state index in [1.54, 1.807) is 6.92 Å². The van der Waals surface area contributed by atoms with Crippen molar-refractivity contribution in [2.75, 3.05) is 46.4 Å². The number of nitrogens with zero attached hydrogens (tertiary/aromatic N) is 3.